The van der Waals surface area contributed by atoms with Gasteiger partial charge in [0.1, 0.15) is 0 Å². The zero-order valence-corrected chi connectivity index (χ0v) is 14.8. The van der Waals surface area contributed by atoms with E-state index in [1.807, 2.05) is 0 Å². The highest BCUT2D eigenvalue weighted by Crippen LogP contribution is 2.22. The van der Waals surface area contributed by atoms with Gasteiger partial charge in [-0.2, -0.15) is 4.72 Å². The van der Waals surface area contributed by atoms with Crippen LogP contribution in [0.2, 0.25) is 5.02 Å². The monoisotopic (exact) mass is 361 g/mol. The fraction of sp³-hybridized carbons (Fsp3) is 0.167. The van der Waals surface area contributed by atoms with Crippen LogP contribution in [0.4, 0.5) is 0 Å². The first-order chi connectivity index (χ1) is 11.3. The normalized spacial score (nSPS) is 10.8. The van der Waals surface area contributed by atoms with Crippen LogP contribution in [0.3, 0.4) is 0 Å². The molecular weight excluding hydrogens is 346 g/mol. The van der Waals surface area contributed by atoms with Gasteiger partial charge < -0.3 is 0 Å². The maximum Gasteiger partial charge on any atom is 0.241 e. The molecule has 4 nitrogen and oxygen atoms in total. The van der Waals surface area contributed by atoms with E-state index in [9.17, 15) is 13.2 Å². The Morgan fingerprint density at radius 1 is 1.17 bits per heavy atom. The van der Waals surface area contributed by atoms with Crippen molar-refractivity contribution >= 4 is 27.4 Å². The SMILES string of the molecule is CC(=O)c1ccc(C#CCNS(=O)(=O)c2cccc(Cl)c2C)cc1. The average molecular weight is 362 g/mol. The van der Waals surface area contributed by atoms with Crippen LogP contribution in [-0.4, -0.2) is 20.7 Å². The van der Waals surface area contributed by atoms with E-state index in [0.717, 1.165) is 0 Å². The summed E-state index contributed by atoms with van der Waals surface area (Å²) in [5.41, 5.74) is 1.82. The lowest BCUT2D eigenvalue weighted by atomic mass is 10.1. The maximum absolute atomic E-state index is 12.3. The number of halogens is 1. The summed E-state index contributed by atoms with van der Waals surface area (Å²) >= 11 is 5.95. The van der Waals surface area contributed by atoms with Crippen molar-refractivity contribution in [1.29, 1.82) is 0 Å². The van der Waals surface area contributed by atoms with E-state index in [4.69, 9.17) is 11.6 Å². The van der Waals surface area contributed by atoms with Gasteiger partial charge in [0.25, 0.3) is 0 Å². The topological polar surface area (TPSA) is 63.2 Å². The van der Waals surface area contributed by atoms with Crippen LogP contribution in [0, 0.1) is 18.8 Å². The van der Waals surface area contributed by atoms with Crippen molar-refractivity contribution in [2.75, 3.05) is 6.54 Å². The molecule has 0 fully saturated rings. The van der Waals surface area contributed by atoms with E-state index >= 15 is 0 Å². The molecule has 0 aliphatic heterocycles. The molecule has 124 valence electrons. The van der Waals surface area contributed by atoms with Gasteiger partial charge in [-0.05, 0) is 43.7 Å². The predicted molar refractivity (Wildman–Crippen MR) is 94.7 cm³/mol. The standard InChI is InChI=1S/C18H16ClNO3S/c1-13-17(19)6-3-7-18(13)24(22,23)20-12-4-5-15-8-10-16(11-9-15)14(2)21/h3,6-11,20H,12H2,1-2H3. The second-order valence-corrected chi connectivity index (χ2v) is 7.27. The smallest absolute Gasteiger partial charge is 0.241 e. The average Bonchev–Trinajstić information content (AvgIpc) is 2.54. The first-order valence-corrected chi connectivity index (χ1v) is 9.02. The molecule has 0 radical (unpaired) electrons. The Labute approximate surface area is 146 Å². The molecule has 0 unspecified atom stereocenters. The highest BCUT2D eigenvalue weighted by molar-refractivity contribution is 7.89. The number of nitrogens with one attached hydrogen (secondary N) is 1. The minimum Gasteiger partial charge on any atom is -0.295 e. The molecule has 0 aliphatic rings. The van der Waals surface area contributed by atoms with Crippen LogP contribution in [0.5, 0.6) is 0 Å². The molecule has 0 saturated carbocycles. The van der Waals surface area contributed by atoms with Gasteiger partial charge in [0.15, 0.2) is 5.78 Å². The van der Waals surface area contributed by atoms with E-state index < -0.39 is 10.0 Å². The number of sulfonamides is 1. The Morgan fingerprint density at radius 3 is 2.46 bits per heavy atom. The Bertz CT molecular complexity index is 923. The van der Waals surface area contributed by atoms with Crippen molar-refractivity contribution in [2.45, 2.75) is 18.7 Å². The minimum absolute atomic E-state index is 0.0147. The van der Waals surface area contributed by atoms with Gasteiger partial charge in [0.2, 0.25) is 10.0 Å². The summed E-state index contributed by atoms with van der Waals surface area (Å²) < 4.78 is 27.0. The fourth-order valence-corrected chi connectivity index (χ4v) is 3.44. The first kappa shape index (κ1) is 18.2. The molecule has 24 heavy (non-hydrogen) atoms. The number of hydrogen-bond acceptors (Lipinski definition) is 3. The lowest BCUT2D eigenvalue weighted by molar-refractivity contribution is 0.101. The molecule has 0 atom stereocenters. The van der Waals surface area contributed by atoms with Crippen molar-refractivity contribution in [2.24, 2.45) is 0 Å². The first-order valence-electron chi connectivity index (χ1n) is 7.16. The van der Waals surface area contributed by atoms with E-state index in [1.165, 1.54) is 13.0 Å². The highest BCUT2D eigenvalue weighted by Gasteiger charge is 2.16. The number of carbonyl (C=O) groups excluding carboxylic acids is 1. The Hall–Kier alpha value is -2.13. The molecule has 0 aromatic heterocycles. The third kappa shape index (κ3) is 4.45. The number of rotatable bonds is 4. The Balaban J connectivity index is 2.06. The summed E-state index contributed by atoms with van der Waals surface area (Å²) in [5.74, 6) is 5.58. The lowest BCUT2D eigenvalue weighted by Gasteiger charge is -2.08. The van der Waals surface area contributed by atoms with E-state index in [-0.39, 0.29) is 17.2 Å². The maximum atomic E-state index is 12.3. The molecule has 2 aromatic carbocycles. The van der Waals surface area contributed by atoms with Crippen molar-refractivity contribution in [1.82, 2.24) is 4.72 Å². The van der Waals surface area contributed by atoms with E-state index in [1.54, 1.807) is 43.3 Å². The van der Waals surface area contributed by atoms with Gasteiger partial charge in [0, 0.05) is 16.1 Å². The van der Waals surface area contributed by atoms with Gasteiger partial charge in [0.05, 0.1) is 11.4 Å². The molecule has 0 spiro atoms. The highest BCUT2D eigenvalue weighted by atomic mass is 35.5. The number of benzene rings is 2. The third-order valence-corrected chi connectivity index (χ3v) is 5.34. The fourth-order valence-electron chi connectivity index (χ4n) is 2.02. The quantitative estimate of drug-likeness (QED) is 0.672. The van der Waals surface area contributed by atoms with Crippen molar-refractivity contribution in [3.63, 3.8) is 0 Å². The van der Waals surface area contributed by atoms with Crippen molar-refractivity contribution < 1.29 is 13.2 Å². The molecule has 0 aliphatic carbocycles. The summed E-state index contributed by atoms with van der Waals surface area (Å²) in [5, 5.41) is 0.398. The molecule has 0 bridgehead atoms. The Morgan fingerprint density at radius 2 is 1.83 bits per heavy atom. The number of carbonyl (C=O) groups is 1. The van der Waals surface area contributed by atoms with Gasteiger partial charge in [-0.15, -0.1) is 0 Å². The summed E-state index contributed by atoms with van der Waals surface area (Å²) in [4.78, 5) is 11.3. The van der Waals surface area contributed by atoms with Crippen LogP contribution < -0.4 is 4.72 Å². The molecule has 2 rings (SSSR count). The van der Waals surface area contributed by atoms with Crippen LogP contribution in [0.25, 0.3) is 0 Å². The van der Waals surface area contributed by atoms with Crippen LogP contribution in [0.15, 0.2) is 47.4 Å². The second-order valence-electron chi connectivity index (χ2n) is 5.12. The van der Waals surface area contributed by atoms with E-state index in [0.29, 0.717) is 21.7 Å². The molecule has 0 amide bonds. The van der Waals surface area contributed by atoms with Gasteiger partial charge in [-0.1, -0.05) is 41.6 Å². The second kappa shape index (κ2) is 7.63. The summed E-state index contributed by atoms with van der Waals surface area (Å²) in [6.45, 7) is 3.12. The zero-order valence-electron chi connectivity index (χ0n) is 13.3. The molecule has 2 aromatic rings. The largest absolute Gasteiger partial charge is 0.295 e. The summed E-state index contributed by atoms with van der Waals surface area (Å²) in [6.07, 6.45) is 0. The molecule has 0 saturated heterocycles. The number of ketones is 1. The summed E-state index contributed by atoms with van der Waals surface area (Å²) in [7, 11) is -3.67. The predicted octanol–water partition coefficient (Wildman–Crippen LogP) is 3.18. The van der Waals surface area contributed by atoms with Crippen LogP contribution in [-0.2, 0) is 10.0 Å². The summed E-state index contributed by atoms with van der Waals surface area (Å²) in [6, 6.07) is 11.5. The van der Waals surface area contributed by atoms with Gasteiger partial charge in [-0.25, -0.2) is 8.42 Å². The van der Waals surface area contributed by atoms with Crippen molar-refractivity contribution in [3.8, 4) is 11.8 Å². The Kier molecular flexibility index (Phi) is 5.79. The minimum atomic E-state index is -3.67. The third-order valence-electron chi connectivity index (χ3n) is 3.38. The number of Topliss-reactive ketones (excluding diaryl/α,β-unsaturated/α-hetero) is 1. The van der Waals surface area contributed by atoms with Crippen molar-refractivity contribution in [3.05, 3.63) is 64.2 Å². The van der Waals surface area contributed by atoms with Gasteiger partial charge >= 0.3 is 0 Å². The van der Waals surface area contributed by atoms with Crippen LogP contribution >= 0.6 is 11.6 Å². The lowest BCUT2D eigenvalue weighted by Crippen LogP contribution is -2.24. The molecule has 6 heteroatoms. The molecular formula is C18H16ClNO3S. The molecule has 1 N–H and O–H groups in total. The van der Waals surface area contributed by atoms with Crippen LogP contribution in [0.1, 0.15) is 28.4 Å². The van der Waals surface area contributed by atoms with Gasteiger partial charge in [-0.3, -0.25) is 4.79 Å². The molecule has 0 heterocycles. The van der Waals surface area contributed by atoms with E-state index in [2.05, 4.69) is 16.6 Å². The zero-order chi connectivity index (χ0) is 17.7. The number of hydrogen-bond donors (Lipinski definition) is 1.